The summed E-state index contributed by atoms with van der Waals surface area (Å²) in [5, 5.41) is 0. The van der Waals surface area contributed by atoms with Gasteiger partial charge in [-0.15, -0.1) is 0 Å². The van der Waals surface area contributed by atoms with E-state index >= 15 is 0 Å². The minimum absolute atomic E-state index is 0.151. The second-order valence-electron chi connectivity index (χ2n) is 4.98. The standard InChI is InChI=1S/C15H23NO2/c1-11(2)18-14-9-7-13(8-10-14)15(17)6-4-5-12(3)16/h7-12H,4-6,16H2,1-3H3. The van der Waals surface area contributed by atoms with Gasteiger partial charge in [0.05, 0.1) is 6.10 Å². The van der Waals surface area contributed by atoms with Crippen LogP contribution in [0.25, 0.3) is 0 Å². The Balaban J connectivity index is 2.48. The van der Waals surface area contributed by atoms with Gasteiger partial charge in [0, 0.05) is 18.0 Å². The van der Waals surface area contributed by atoms with Gasteiger partial charge in [0.1, 0.15) is 5.75 Å². The molecule has 1 atom stereocenters. The van der Waals surface area contributed by atoms with Gasteiger partial charge in [0.2, 0.25) is 0 Å². The van der Waals surface area contributed by atoms with E-state index in [0.717, 1.165) is 24.2 Å². The molecule has 0 aliphatic carbocycles. The Kier molecular flexibility index (Phi) is 5.86. The SMILES string of the molecule is CC(N)CCCC(=O)c1ccc(OC(C)C)cc1. The Bertz CT molecular complexity index is 369. The number of hydrogen-bond donors (Lipinski definition) is 1. The fourth-order valence-electron chi connectivity index (χ4n) is 1.72. The van der Waals surface area contributed by atoms with Crippen molar-refractivity contribution in [1.82, 2.24) is 0 Å². The van der Waals surface area contributed by atoms with Crippen molar-refractivity contribution < 1.29 is 9.53 Å². The van der Waals surface area contributed by atoms with Gasteiger partial charge < -0.3 is 10.5 Å². The molecular formula is C15H23NO2. The summed E-state index contributed by atoms with van der Waals surface area (Å²) in [7, 11) is 0. The molecule has 0 saturated carbocycles. The molecule has 100 valence electrons. The van der Waals surface area contributed by atoms with Crippen LogP contribution in [-0.4, -0.2) is 17.9 Å². The quantitative estimate of drug-likeness (QED) is 0.755. The maximum atomic E-state index is 11.9. The topological polar surface area (TPSA) is 52.3 Å². The van der Waals surface area contributed by atoms with Crippen LogP contribution in [0.5, 0.6) is 5.75 Å². The first-order chi connectivity index (χ1) is 8.49. The zero-order chi connectivity index (χ0) is 13.5. The molecule has 0 radical (unpaired) electrons. The minimum atomic E-state index is 0.151. The van der Waals surface area contributed by atoms with E-state index in [1.54, 1.807) is 0 Å². The van der Waals surface area contributed by atoms with Crippen LogP contribution >= 0.6 is 0 Å². The van der Waals surface area contributed by atoms with Crippen LogP contribution in [-0.2, 0) is 0 Å². The van der Waals surface area contributed by atoms with Gasteiger partial charge in [-0.05, 0) is 57.9 Å². The lowest BCUT2D eigenvalue weighted by molar-refractivity contribution is 0.0979. The third-order valence-corrected chi connectivity index (χ3v) is 2.61. The number of carbonyl (C=O) groups is 1. The van der Waals surface area contributed by atoms with Crippen molar-refractivity contribution in [1.29, 1.82) is 0 Å². The van der Waals surface area contributed by atoms with E-state index < -0.39 is 0 Å². The normalized spacial score (nSPS) is 12.5. The molecule has 1 unspecified atom stereocenters. The van der Waals surface area contributed by atoms with E-state index in [9.17, 15) is 4.79 Å². The molecule has 1 aromatic rings. The number of carbonyl (C=O) groups excluding carboxylic acids is 1. The Labute approximate surface area is 109 Å². The molecule has 3 nitrogen and oxygen atoms in total. The molecule has 0 aromatic heterocycles. The van der Waals surface area contributed by atoms with Crippen LogP contribution in [0.1, 0.15) is 50.4 Å². The van der Waals surface area contributed by atoms with Gasteiger partial charge in [-0.2, -0.15) is 0 Å². The summed E-state index contributed by atoms with van der Waals surface area (Å²) < 4.78 is 5.53. The van der Waals surface area contributed by atoms with Crippen molar-refractivity contribution in [2.24, 2.45) is 5.73 Å². The van der Waals surface area contributed by atoms with Crippen molar-refractivity contribution >= 4 is 5.78 Å². The van der Waals surface area contributed by atoms with Crippen molar-refractivity contribution in [3.8, 4) is 5.75 Å². The number of nitrogens with two attached hydrogens (primary N) is 1. The minimum Gasteiger partial charge on any atom is -0.491 e. The van der Waals surface area contributed by atoms with Crippen molar-refractivity contribution in [3.63, 3.8) is 0 Å². The lowest BCUT2D eigenvalue weighted by Gasteiger charge is -2.10. The van der Waals surface area contributed by atoms with E-state index in [1.807, 2.05) is 45.0 Å². The first kappa shape index (κ1) is 14.7. The second-order valence-corrected chi connectivity index (χ2v) is 4.98. The molecule has 0 heterocycles. The van der Waals surface area contributed by atoms with Gasteiger partial charge in [0.15, 0.2) is 5.78 Å². The van der Waals surface area contributed by atoms with Crippen molar-refractivity contribution in [2.45, 2.75) is 52.2 Å². The van der Waals surface area contributed by atoms with Crippen molar-refractivity contribution in [3.05, 3.63) is 29.8 Å². The van der Waals surface area contributed by atoms with Gasteiger partial charge in [-0.25, -0.2) is 0 Å². The van der Waals surface area contributed by atoms with Gasteiger partial charge >= 0.3 is 0 Å². The lowest BCUT2D eigenvalue weighted by atomic mass is 10.0. The van der Waals surface area contributed by atoms with Gasteiger partial charge in [-0.3, -0.25) is 4.79 Å². The number of ether oxygens (including phenoxy) is 1. The molecule has 0 bridgehead atoms. The van der Waals surface area contributed by atoms with Crippen LogP contribution in [0.2, 0.25) is 0 Å². The van der Waals surface area contributed by atoms with E-state index in [-0.39, 0.29) is 17.9 Å². The maximum absolute atomic E-state index is 11.9. The highest BCUT2D eigenvalue weighted by atomic mass is 16.5. The summed E-state index contributed by atoms with van der Waals surface area (Å²) in [5.41, 5.74) is 6.40. The largest absolute Gasteiger partial charge is 0.491 e. The predicted octanol–water partition coefficient (Wildman–Crippen LogP) is 3.17. The number of Topliss-reactive ketones (excluding diaryl/α,β-unsaturated/α-hetero) is 1. The maximum Gasteiger partial charge on any atom is 0.162 e. The third kappa shape index (κ3) is 5.32. The Morgan fingerprint density at radius 2 is 1.83 bits per heavy atom. The molecule has 0 spiro atoms. The molecule has 0 aliphatic heterocycles. The van der Waals surface area contributed by atoms with E-state index in [2.05, 4.69) is 0 Å². The lowest BCUT2D eigenvalue weighted by Crippen LogP contribution is -2.14. The Morgan fingerprint density at radius 3 is 2.33 bits per heavy atom. The number of hydrogen-bond acceptors (Lipinski definition) is 3. The molecule has 3 heteroatoms. The first-order valence-electron chi connectivity index (χ1n) is 6.54. The zero-order valence-corrected chi connectivity index (χ0v) is 11.5. The summed E-state index contributed by atoms with van der Waals surface area (Å²) >= 11 is 0. The second kappa shape index (κ2) is 7.17. The van der Waals surface area contributed by atoms with Crippen molar-refractivity contribution in [2.75, 3.05) is 0 Å². The van der Waals surface area contributed by atoms with Gasteiger partial charge in [-0.1, -0.05) is 0 Å². The number of ketones is 1. The molecule has 18 heavy (non-hydrogen) atoms. The molecule has 0 amide bonds. The first-order valence-corrected chi connectivity index (χ1v) is 6.54. The Hall–Kier alpha value is -1.35. The predicted molar refractivity (Wildman–Crippen MR) is 74.0 cm³/mol. The zero-order valence-electron chi connectivity index (χ0n) is 11.5. The molecule has 2 N–H and O–H groups in total. The summed E-state index contributed by atoms with van der Waals surface area (Å²) in [6, 6.07) is 7.51. The smallest absolute Gasteiger partial charge is 0.162 e. The fourth-order valence-corrected chi connectivity index (χ4v) is 1.72. The molecule has 0 saturated heterocycles. The molecule has 0 fully saturated rings. The highest BCUT2D eigenvalue weighted by Crippen LogP contribution is 2.15. The fraction of sp³-hybridized carbons (Fsp3) is 0.533. The number of rotatable bonds is 7. The van der Waals surface area contributed by atoms with Crippen LogP contribution < -0.4 is 10.5 Å². The van der Waals surface area contributed by atoms with Gasteiger partial charge in [0.25, 0.3) is 0 Å². The van der Waals surface area contributed by atoms with Crippen LogP contribution in [0, 0.1) is 0 Å². The summed E-state index contributed by atoms with van der Waals surface area (Å²) in [4.78, 5) is 11.9. The number of benzene rings is 1. The van der Waals surface area contributed by atoms with Crippen LogP contribution in [0.4, 0.5) is 0 Å². The molecule has 1 rings (SSSR count). The highest BCUT2D eigenvalue weighted by molar-refractivity contribution is 5.96. The third-order valence-electron chi connectivity index (χ3n) is 2.61. The van der Waals surface area contributed by atoms with E-state index in [1.165, 1.54) is 0 Å². The average Bonchev–Trinajstić information content (AvgIpc) is 2.28. The summed E-state index contributed by atoms with van der Waals surface area (Å²) in [6.45, 7) is 5.92. The highest BCUT2D eigenvalue weighted by Gasteiger charge is 2.07. The molecular weight excluding hydrogens is 226 g/mol. The van der Waals surface area contributed by atoms with Crippen LogP contribution in [0.15, 0.2) is 24.3 Å². The molecule has 0 aliphatic rings. The molecule has 1 aromatic carbocycles. The van der Waals surface area contributed by atoms with E-state index in [4.69, 9.17) is 10.5 Å². The summed E-state index contributed by atoms with van der Waals surface area (Å²) in [5.74, 6) is 0.976. The Morgan fingerprint density at radius 1 is 1.22 bits per heavy atom. The van der Waals surface area contributed by atoms with E-state index in [0.29, 0.717) is 6.42 Å². The van der Waals surface area contributed by atoms with Crippen LogP contribution in [0.3, 0.4) is 0 Å². The summed E-state index contributed by atoms with van der Waals surface area (Å²) in [6.07, 6.45) is 2.45. The monoisotopic (exact) mass is 249 g/mol. The average molecular weight is 249 g/mol.